The molecule has 0 spiro atoms. The van der Waals surface area contributed by atoms with Gasteiger partial charge in [0.05, 0.1) is 10.2 Å². The molecule has 2 aromatic rings. The number of piperidine rings is 1. The van der Waals surface area contributed by atoms with E-state index in [1.165, 1.54) is 16.9 Å². The Bertz CT molecular complexity index is 717. The van der Waals surface area contributed by atoms with Crippen LogP contribution < -0.4 is 5.32 Å². The molecule has 3 rings (SSSR count). The van der Waals surface area contributed by atoms with Crippen molar-refractivity contribution < 1.29 is 9.59 Å². The first kappa shape index (κ1) is 15.0. The second-order valence-electron chi connectivity index (χ2n) is 5.76. The number of hydrogen-bond acceptors (Lipinski definition) is 4. The molecule has 2 amide bonds. The lowest BCUT2D eigenvalue weighted by molar-refractivity contribution is -0.132. The summed E-state index contributed by atoms with van der Waals surface area (Å²) in [7, 11) is 0. The van der Waals surface area contributed by atoms with E-state index in [-0.39, 0.29) is 17.7 Å². The van der Waals surface area contributed by atoms with Crippen molar-refractivity contribution in [2.45, 2.75) is 26.7 Å². The smallest absolute Gasteiger partial charge is 0.229 e. The molecule has 0 bridgehead atoms. The summed E-state index contributed by atoms with van der Waals surface area (Å²) in [6, 6.07) is 6.07. The number of carbonyl (C=O) groups is 2. The van der Waals surface area contributed by atoms with Crippen LogP contribution in [0, 0.1) is 12.8 Å². The molecule has 1 aliphatic rings. The van der Waals surface area contributed by atoms with Gasteiger partial charge >= 0.3 is 0 Å². The van der Waals surface area contributed by atoms with Crippen LogP contribution in [0.2, 0.25) is 0 Å². The molecule has 1 aliphatic heterocycles. The van der Waals surface area contributed by atoms with Crippen LogP contribution in [-0.4, -0.2) is 34.8 Å². The summed E-state index contributed by atoms with van der Waals surface area (Å²) in [4.78, 5) is 29.9. The zero-order valence-corrected chi connectivity index (χ0v) is 13.6. The van der Waals surface area contributed by atoms with Gasteiger partial charge in [0.15, 0.2) is 5.13 Å². The largest absolute Gasteiger partial charge is 0.343 e. The number of aromatic nitrogens is 1. The summed E-state index contributed by atoms with van der Waals surface area (Å²) in [6.45, 7) is 4.93. The van der Waals surface area contributed by atoms with E-state index >= 15 is 0 Å². The maximum atomic E-state index is 12.3. The van der Waals surface area contributed by atoms with Crippen LogP contribution in [0.25, 0.3) is 10.2 Å². The van der Waals surface area contributed by atoms with Gasteiger partial charge in [-0.1, -0.05) is 17.4 Å². The third-order valence-electron chi connectivity index (χ3n) is 4.09. The predicted octanol–water partition coefficient (Wildman–Crippen LogP) is 2.80. The molecule has 22 heavy (non-hydrogen) atoms. The summed E-state index contributed by atoms with van der Waals surface area (Å²) < 4.78 is 1.08. The van der Waals surface area contributed by atoms with Crippen molar-refractivity contribution >= 4 is 38.5 Å². The monoisotopic (exact) mass is 317 g/mol. The van der Waals surface area contributed by atoms with Crippen LogP contribution in [0.3, 0.4) is 0 Å². The fraction of sp³-hybridized carbons (Fsp3) is 0.438. The number of benzene rings is 1. The Labute approximate surface area is 133 Å². The van der Waals surface area contributed by atoms with E-state index in [2.05, 4.69) is 16.4 Å². The second kappa shape index (κ2) is 6.04. The Morgan fingerprint density at radius 3 is 2.73 bits per heavy atom. The third kappa shape index (κ3) is 3.11. The number of nitrogens with one attached hydrogen (secondary N) is 1. The lowest BCUT2D eigenvalue weighted by Crippen LogP contribution is -2.40. The van der Waals surface area contributed by atoms with Crippen LogP contribution in [-0.2, 0) is 9.59 Å². The van der Waals surface area contributed by atoms with E-state index in [4.69, 9.17) is 0 Å². The molecule has 1 aromatic carbocycles. The van der Waals surface area contributed by atoms with Crippen LogP contribution in [0.4, 0.5) is 5.13 Å². The molecule has 0 unspecified atom stereocenters. The van der Waals surface area contributed by atoms with Gasteiger partial charge < -0.3 is 10.2 Å². The summed E-state index contributed by atoms with van der Waals surface area (Å²) in [5.74, 6) is 0.0590. The van der Waals surface area contributed by atoms with Crippen molar-refractivity contribution in [3.63, 3.8) is 0 Å². The maximum Gasteiger partial charge on any atom is 0.229 e. The van der Waals surface area contributed by atoms with Gasteiger partial charge in [-0.25, -0.2) is 4.98 Å². The van der Waals surface area contributed by atoms with Crippen molar-refractivity contribution in [3.05, 3.63) is 23.8 Å². The fourth-order valence-electron chi connectivity index (χ4n) is 2.75. The highest BCUT2D eigenvalue weighted by molar-refractivity contribution is 7.22. The molecular formula is C16H19N3O2S. The van der Waals surface area contributed by atoms with Crippen molar-refractivity contribution in [2.75, 3.05) is 18.4 Å². The van der Waals surface area contributed by atoms with Crippen molar-refractivity contribution in [1.82, 2.24) is 9.88 Å². The van der Waals surface area contributed by atoms with Crippen molar-refractivity contribution in [1.29, 1.82) is 0 Å². The zero-order chi connectivity index (χ0) is 15.7. The van der Waals surface area contributed by atoms with Gasteiger partial charge in [-0.05, 0) is 37.5 Å². The number of nitrogens with zero attached hydrogens (tertiary/aromatic N) is 2. The number of thiazole rings is 1. The molecule has 1 fully saturated rings. The number of aryl methyl sites for hydroxylation is 1. The maximum absolute atomic E-state index is 12.3. The molecular weight excluding hydrogens is 298 g/mol. The van der Waals surface area contributed by atoms with Crippen molar-refractivity contribution in [2.24, 2.45) is 5.92 Å². The Hall–Kier alpha value is -1.95. The average Bonchev–Trinajstić information content (AvgIpc) is 2.88. The van der Waals surface area contributed by atoms with Gasteiger partial charge in [-0.2, -0.15) is 0 Å². The topological polar surface area (TPSA) is 62.3 Å². The summed E-state index contributed by atoms with van der Waals surface area (Å²) >= 11 is 1.50. The number of hydrogen-bond donors (Lipinski definition) is 1. The average molecular weight is 317 g/mol. The Morgan fingerprint density at radius 1 is 1.32 bits per heavy atom. The summed E-state index contributed by atoms with van der Waals surface area (Å²) in [5.41, 5.74) is 2.10. The first-order valence-electron chi connectivity index (χ1n) is 7.46. The highest BCUT2D eigenvalue weighted by Gasteiger charge is 2.26. The van der Waals surface area contributed by atoms with Gasteiger partial charge in [0.25, 0.3) is 0 Å². The normalized spacial score (nSPS) is 16.0. The van der Waals surface area contributed by atoms with Crippen LogP contribution in [0.1, 0.15) is 25.3 Å². The number of anilines is 1. The number of fused-ring (bicyclic) bond motifs is 1. The zero-order valence-electron chi connectivity index (χ0n) is 12.8. The predicted molar refractivity (Wildman–Crippen MR) is 88.0 cm³/mol. The lowest BCUT2D eigenvalue weighted by Gasteiger charge is -2.30. The number of rotatable bonds is 2. The fourth-order valence-corrected chi connectivity index (χ4v) is 3.72. The van der Waals surface area contributed by atoms with E-state index in [1.807, 2.05) is 19.1 Å². The van der Waals surface area contributed by atoms with Crippen LogP contribution >= 0.6 is 11.3 Å². The van der Waals surface area contributed by atoms with Crippen LogP contribution in [0.15, 0.2) is 18.2 Å². The second-order valence-corrected chi connectivity index (χ2v) is 6.79. The molecule has 1 saturated heterocycles. The van der Waals surface area contributed by atoms with Gasteiger partial charge in [-0.3, -0.25) is 9.59 Å². The molecule has 1 N–H and O–H groups in total. The highest BCUT2D eigenvalue weighted by atomic mass is 32.1. The van der Waals surface area contributed by atoms with E-state index in [9.17, 15) is 9.59 Å². The molecule has 116 valence electrons. The van der Waals surface area contributed by atoms with Crippen LogP contribution in [0.5, 0.6) is 0 Å². The van der Waals surface area contributed by atoms with E-state index in [0.29, 0.717) is 18.2 Å². The Kier molecular flexibility index (Phi) is 4.11. The van der Waals surface area contributed by atoms with Crippen molar-refractivity contribution in [3.8, 4) is 0 Å². The summed E-state index contributed by atoms with van der Waals surface area (Å²) in [6.07, 6.45) is 1.44. The third-order valence-corrected chi connectivity index (χ3v) is 5.02. The first-order chi connectivity index (χ1) is 10.5. The highest BCUT2D eigenvalue weighted by Crippen LogP contribution is 2.28. The number of carbonyl (C=O) groups excluding carboxylic acids is 2. The Balaban J connectivity index is 1.65. The molecule has 5 nitrogen and oxygen atoms in total. The summed E-state index contributed by atoms with van der Waals surface area (Å²) in [5, 5.41) is 3.58. The first-order valence-corrected chi connectivity index (χ1v) is 8.28. The lowest BCUT2D eigenvalue weighted by atomic mass is 9.96. The van der Waals surface area contributed by atoms with Gasteiger partial charge in [-0.15, -0.1) is 0 Å². The molecule has 0 aliphatic carbocycles. The number of likely N-dealkylation sites (tertiary alicyclic amines) is 1. The Morgan fingerprint density at radius 2 is 2.05 bits per heavy atom. The standard InChI is InChI=1S/C16H19N3O2S/c1-10-3-4-13-14(9-10)22-16(17-13)18-15(21)12-5-7-19(8-6-12)11(2)20/h3-4,9,12H,5-8H2,1-2H3,(H,17,18,21). The minimum absolute atomic E-state index is 0.0129. The quantitative estimate of drug-likeness (QED) is 0.926. The SMILES string of the molecule is CC(=O)N1CCC(C(=O)Nc2nc3ccc(C)cc3s2)CC1. The molecule has 0 radical (unpaired) electrons. The van der Waals surface area contributed by atoms with E-state index in [1.54, 1.807) is 11.8 Å². The van der Waals surface area contributed by atoms with Gasteiger partial charge in [0.2, 0.25) is 11.8 Å². The van der Waals surface area contributed by atoms with E-state index < -0.39 is 0 Å². The molecule has 6 heteroatoms. The minimum atomic E-state index is -0.0376. The molecule has 2 heterocycles. The molecule has 0 atom stereocenters. The number of amides is 2. The van der Waals surface area contributed by atoms with Gasteiger partial charge in [0, 0.05) is 25.9 Å². The van der Waals surface area contributed by atoms with E-state index in [0.717, 1.165) is 23.1 Å². The molecule has 1 aromatic heterocycles. The molecule has 0 saturated carbocycles. The minimum Gasteiger partial charge on any atom is -0.343 e. The van der Waals surface area contributed by atoms with Gasteiger partial charge in [0.1, 0.15) is 0 Å².